The van der Waals surface area contributed by atoms with Gasteiger partial charge >= 0.3 is 0 Å². The van der Waals surface area contributed by atoms with E-state index >= 15 is 0 Å². The van der Waals surface area contributed by atoms with E-state index in [1.807, 2.05) is 0 Å². The Kier molecular flexibility index (Phi) is 18.6. The number of hydrogen-bond donors (Lipinski definition) is 4. The minimum absolute atomic E-state index is 0.124. The molecule has 9 rings (SSSR count). The highest BCUT2D eigenvalue weighted by atomic mass is 79.9. The van der Waals surface area contributed by atoms with Crippen LogP contribution in [0, 0.1) is 11.6 Å². The minimum atomic E-state index is -0.650. The van der Waals surface area contributed by atoms with Gasteiger partial charge in [-0.2, -0.15) is 0 Å². The summed E-state index contributed by atoms with van der Waals surface area (Å²) in [4.78, 5) is 26.6. The monoisotopic (exact) mass is 1110 g/mol. The van der Waals surface area contributed by atoms with Gasteiger partial charge in [-0.25, -0.2) is 28.7 Å². The number of halogens is 4. The Hall–Kier alpha value is -5.36. The van der Waals surface area contributed by atoms with Gasteiger partial charge < -0.3 is 44.5 Å². The normalized spacial score (nSPS) is 16.6. The summed E-state index contributed by atoms with van der Waals surface area (Å²) >= 11 is 6.52. The zero-order chi connectivity index (χ0) is 49.7. The summed E-state index contributed by atoms with van der Waals surface area (Å²) in [6.07, 6.45) is 5.67. The van der Waals surface area contributed by atoms with Crippen LogP contribution >= 0.6 is 31.9 Å². The molecule has 0 amide bonds. The molecule has 0 bridgehead atoms. The molecule has 6 aromatic rings. The Morgan fingerprint density at radius 2 is 1.04 bits per heavy atom. The van der Waals surface area contributed by atoms with Crippen LogP contribution in [-0.2, 0) is 4.74 Å². The number of ether oxygens (including phenoxy) is 5. The highest BCUT2D eigenvalue weighted by Gasteiger charge is 2.22. The number of aliphatic hydroxyl groups is 2. The molecule has 21 heteroatoms. The van der Waals surface area contributed by atoms with Crippen molar-refractivity contribution in [2.24, 2.45) is 0 Å². The van der Waals surface area contributed by atoms with Crippen LogP contribution in [0.15, 0.2) is 94.4 Å². The molecule has 3 aliphatic heterocycles. The summed E-state index contributed by atoms with van der Waals surface area (Å²) in [5.74, 6) is 1.96. The molecule has 0 saturated carbocycles. The molecule has 3 aliphatic rings. The molecule has 2 atom stereocenters. The van der Waals surface area contributed by atoms with Crippen molar-refractivity contribution in [3.63, 3.8) is 0 Å². The van der Waals surface area contributed by atoms with E-state index in [1.165, 1.54) is 31.9 Å². The maximum absolute atomic E-state index is 14.4. The molecule has 4 N–H and O–H groups in total. The van der Waals surface area contributed by atoms with Crippen molar-refractivity contribution < 1.29 is 42.7 Å². The summed E-state index contributed by atoms with van der Waals surface area (Å²) in [5, 5.41) is 28.4. The number of β-amino-alcohol motifs (C(OH)–C–C–N with tert-alkyl or cyclic N) is 2. The van der Waals surface area contributed by atoms with E-state index in [4.69, 9.17) is 23.7 Å². The number of nitrogens with one attached hydrogen (secondary N) is 2. The average molecular weight is 1110 g/mol. The van der Waals surface area contributed by atoms with Crippen LogP contribution in [-0.4, -0.2) is 181 Å². The molecular formula is C50H58Br2F2N10O7. The van der Waals surface area contributed by atoms with Crippen LogP contribution in [0.4, 0.5) is 31.8 Å². The maximum atomic E-state index is 14.4. The van der Waals surface area contributed by atoms with Crippen molar-refractivity contribution in [2.75, 3.05) is 130 Å². The summed E-state index contributed by atoms with van der Waals surface area (Å²) in [5.41, 5.74) is 1.79. The fourth-order valence-electron chi connectivity index (χ4n) is 8.36. The van der Waals surface area contributed by atoms with Crippen molar-refractivity contribution >= 4 is 76.7 Å². The van der Waals surface area contributed by atoms with Crippen molar-refractivity contribution in [3.8, 4) is 23.0 Å². The van der Waals surface area contributed by atoms with E-state index in [0.29, 0.717) is 89.8 Å². The quantitative estimate of drug-likeness (QED) is 0.0618. The molecule has 2 saturated heterocycles. The Labute approximate surface area is 428 Å². The number of aliphatic hydroxyl groups excluding tert-OH is 2. The lowest BCUT2D eigenvalue weighted by Gasteiger charge is -2.37. The van der Waals surface area contributed by atoms with Gasteiger partial charge in [0.1, 0.15) is 61.3 Å². The van der Waals surface area contributed by atoms with Gasteiger partial charge in [0.05, 0.1) is 49.8 Å². The molecule has 0 radical (unpaired) electrons. The third-order valence-electron chi connectivity index (χ3n) is 12.2. The van der Waals surface area contributed by atoms with Gasteiger partial charge in [0, 0.05) is 110 Å². The Morgan fingerprint density at radius 3 is 1.51 bits per heavy atom. The second-order valence-electron chi connectivity index (χ2n) is 17.2. The molecule has 378 valence electrons. The Balaban J connectivity index is 0.000000197. The van der Waals surface area contributed by atoms with Crippen molar-refractivity contribution in [3.05, 3.63) is 106 Å². The number of aromatic nitrogens is 4. The first-order valence-corrected chi connectivity index (χ1v) is 24.9. The molecule has 2 unspecified atom stereocenters. The predicted molar refractivity (Wildman–Crippen MR) is 276 cm³/mol. The number of morpholine rings is 1. The lowest BCUT2D eigenvalue weighted by molar-refractivity contribution is 0.0240. The molecule has 4 aromatic carbocycles. The largest absolute Gasteiger partial charge is 0.493 e. The van der Waals surface area contributed by atoms with Crippen LogP contribution < -0.4 is 29.6 Å². The first-order chi connectivity index (χ1) is 34.5. The topological polar surface area (TPSA) is 175 Å². The van der Waals surface area contributed by atoms with E-state index in [1.54, 1.807) is 55.6 Å². The third kappa shape index (κ3) is 14.4. The third-order valence-corrected chi connectivity index (χ3v) is 13.2. The second kappa shape index (κ2) is 25.3. The van der Waals surface area contributed by atoms with Crippen LogP contribution in [0.2, 0.25) is 0 Å². The van der Waals surface area contributed by atoms with E-state index in [2.05, 4.69) is 94.2 Å². The van der Waals surface area contributed by atoms with Gasteiger partial charge in [-0.3, -0.25) is 19.6 Å². The van der Waals surface area contributed by atoms with Crippen molar-refractivity contribution in [2.45, 2.75) is 12.2 Å². The molecule has 2 aromatic heterocycles. The van der Waals surface area contributed by atoms with Crippen molar-refractivity contribution in [1.29, 1.82) is 0 Å². The maximum Gasteiger partial charge on any atom is 0.163 e. The predicted octanol–water partition coefficient (Wildman–Crippen LogP) is 6.87. The number of hydrogen-bond acceptors (Lipinski definition) is 17. The van der Waals surface area contributed by atoms with Crippen LogP contribution in [0.25, 0.3) is 21.8 Å². The average Bonchev–Trinajstić information content (AvgIpc) is 3.89. The first-order valence-electron chi connectivity index (χ1n) is 23.4. The first kappa shape index (κ1) is 52.0. The number of benzene rings is 4. The Bertz CT molecular complexity index is 2750. The number of methoxy groups -OCH3 is 2. The number of fused-ring (bicyclic) bond motifs is 2. The van der Waals surface area contributed by atoms with E-state index in [-0.39, 0.29) is 13.2 Å². The smallest absolute Gasteiger partial charge is 0.163 e. The number of piperazine rings is 1. The summed E-state index contributed by atoms with van der Waals surface area (Å²) < 4.78 is 58.2. The van der Waals surface area contributed by atoms with Gasteiger partial charge in [0.25, 0.3) is 0 Å². The van der Waals surface area contributed by atoms with Crippen LogP contribution in [0.5, 0.6) is 23.0 Å². The van der Waals surface area contributed by atoms with E-state index in [9.17, 15) is 19.0 Å². The van der Waals surface area contributed by atoms with Gasteiger partial charge in [-0.05, 0) is 48.5 Å². The van der Waals surface area contributed by atoms with Gasteiger partial charge in [-0.15, -0.1) is 0 Å². The van der Waals surface area contributed by atoms with Crippen molar-refractivity contribution in [1.82, 2.24) is 39.5 Å². The lowest BCUT2D eigenvalue weighted by atomic mass is 10.2. The zero-order valence-electron chi connectivity index (χ0n) is 39.6. The Morgan fingerprint density at radius 1 is 0.592 bits per heavy atom. The SMILES string of the molecule is COc1cc2c(Nc3ccc(Br)cc3F)ncnc2cc1OCC(O)CN1CC=CC1.COc1cc2c(Nc3ccc(Br)cc3F)ncnc2cc1OCC(O)CN1CCN(CCN2CCOCC2)CC1. The van der Waals surface area contributed by atoms with E-state index in [0.717, 1.165) is 78.7 Å². The molecular weight excluding hydrogens is 1050 g/mol. The van der Waals surface area contributed by atoms with Gasteiger partial charge in [0.2, 0.25) is 0 Å². The summed E-state index contributed by atoms with van der Waals surface area (Å²) in [6, 6.07) is 16.5. The lowest BCUT2D eigenvalue weighted by Crippen LogP contribution is -2.51. The highest BCUT2D eigenvalue weighted by Crippen LogP contribution is 2.37. The van der Waals surface area contributed by atoms with Crippen LogP contribution in [0.3, 0.4) is 0 Å². The fraction of sp³-hybridized carbons (Fsp3) is 0.400. The number of rotatable bonds is 19. The van der Waals surface area contributed by atoms with Gasteiger partial charge in [0.15, 0.2) is 23.0 Å². The number of anilines is 4. The van der Waals surface area contributed by atoms with E-state index < -0.39 is 23.8 Å². The minimum Gasteiger partial charge on any atom is -0.493 e. The summed E-state index contributed by atoms with van der Waals surface area (Å²) in [6.45, 7) is 12.7. The number of nitrogens with zero attached hydrogens (tertiary/aromatic N) is 8. The molecule has 5 heterocycles. The highest BCUT2D eigenvalue weighted by molar-refractivity contribution is 9.10. The van der Waals surface area contributed by atoms with Gasteiger partial charge in [-0.1, -0.05) is 44.0 Å². The van der Waals surface area contributed by atoms with Crippen LogP contribution in [0.1, 0.15) is 0 Å². The standard InChI is InChI=1S/C28H36BrFN6O4.C22H22BrFN4O3/c1-38-26-15-22-25(31-19-32-28(22)33-24-3-2-20(29)14-23(24)30)16-27(26)40-18-21(37)17-36-8-6-34(7-9-36)4-5-35-10-12-39-13-11-35;1-30-20-9-16-19(10-21(20)31-12-15(29)11-28-6-2-3-7-28)25-13-26-22(16)27-18-5-4-14(23)8-17(18)24/h2-3,14-16,19,21,37H,4-13,17-18H2,1H3,(H,31,32,33);2-5,8-10,13,15,29H,6-7,11-12H2,1H3,(H,25,26,27). The molecule has 71 heavy (non-hydrogen) atoms. The second-order valence-corrected chi connectivity index (χ2v) is 19.0. The summed E-state index contributed by atoms with van der Waals surface area (Å²) in [7, 11) is 3.08. The molecule has 0 spiro atoms. The molecule has 0 aliphatic carbocycles. The fourth-order valence-corrected chi connectivity index (χ4v) is 9.02. The molecule has 2 fully saturated rings. The zero-order valence-corrected chi connectivity index (χ0v) is 42.7. The molecule has 17 nitrogen and oxygen atoms in total.